The number of methoxy groups -OCH3 is 2. The van der Waals surface area contributed by atoms with Crippen molar-refractivity contribution in [3.8, 4) is 11.5 Å². The van der Waals surface area contributed by atoms with Crippen molar-refractivity contribution in [3.63, 3.8) is 0 Å². The van der Waals surface area contributed by atoms with E-state index in [2.05, 4.69) is 70.3 Å². The summed E-state index contributed by atoms with van der Waals surface area (Å²) in [5.74, 6) is 1.48. The molecule has 0 heterocycles. The zero-order valence-corrected chi connectivity index (χ0v) is 16.3. The van der Waals surface area contributed by atoms with Crippen molar-refractivity contribution in [3.05, 3.63) is 70.2 Å². The van der Waals surface area contributed by atoms with Gasteiger partial charge in [0.15, 0.2) is 11.5 Å². The lowest BCUT2D eigenvalue weighted by molar-refractivity contribution is 0.317. The first-order chi connectivity index (χ1) is 12.1. The molecule has 0 fully saturated rings. The fourth-order valence-corrected chi connectivity index (χ4v) is 3.53. The van der Waals surface area contributed by atoms with Crippen molar-refractivity contribution in [1.82, 2.24) is 4.90 Å². The maximum absolute atomic E-state index is 5.43. The molecule has 0 saturated heterocycles. The van der Waals surface area contributed by atoms with Crippen LogP contribution >= 0.6 is 15.9 Å². The molecule has 3 aromatic rings. The van der Waals surface area contributed by atoms with E-state index in [1.807, 2.05) is 12.1 Å². The molecular weight excluding hydrogens is 378 g/mol. The molecule has 0 N–H and O–H groups in total. The van der Waals surface area contributed by atoms with Crippen LogP contribution in [-0.4, -0.2) is 26.2 Å². The third-order valence-electron chi connectivity index (χ3n) is 4.31. The van der Waals surface area contributed by atoms with Gasteiger partial charge < -0.3 is 9.47 Å². The number of nitrogens with zero attached hydrogens (tertiary/aromatic N) is 1. The molecule has 25 heavy (non-hydrogen) atoms. The van der Waals surface area contributed by atoms with Gasteiger partial charge in [-0.2, -0.15) is 0 Å². The summed E-state index contributed by atoms with van der Waals surface area (Å²) in [5, 5.41) is 2.59. The van der Waals surface area contributed by atoms with Crippen molar-refractivity contribution in [2.24, 2.45) is 0 Å². The average molecular weight is 400 g/mol. The fourth-order valence-electron chi connectivity index (χ4n) is 3.09. The minimum atomic E-state index is 0.731. The van der Waals surface area contributed by atoms with Gasteiger partial charge in [-0.1, -0.05) is 58.4 Å². The largest absolute Gasteiger partial charge is 0.493 e. The Balaban J connectivity index is 1.82. The molecule has 0 unspecified atom stereocenters. The van der Waals surface area contributed by atoms with Crippen LogP contribution in [0.15, 0.2) is 59.1 Å². The van der Waals surface area contributed by atoms with Crippen molar-refractivity contribution < 1.29 is 9.47 Å². The van der Waals surface area contributed by atoms with Crippen LogP contribution in [0.5, 0.6) is 11.5 Å². The Morgan fingerprint density at radius 2 is 1.48 bits per heavy atom. The van der Waals surface area contributed by atoms with E-state index in [1.165, 1.54) is 21.9 Å². The molecular formula is C21H22BrNO2. The molecule has 0 aliphatic rings. The number of ether oxygens (including phenoxy) is 2. The summed E-state index contributed by atoms with van der Waals surface area (Å²) in [6.45, 7) is 1.69. The summed E-state index contributed by atoms with van der Waals surface area (Å²) >= 11 is 3.64. The number of fused-ring (bicyclic) bond motifs is 1. The van der Waals surface area contributed by atoms with Crippen LogP contribution in [0.2, 0.25) is 0 Å². The van der Waals surface area contributed by atoms with Crippen LogP contribution in [-0.2, 0) is 13.1 Å². The maximum Gasteiger partial charge on any atom is 0.161 e. The molecule has 0 amide bonds. The van der Waals surface area contributed by atoms with E-state index in [9.17, 15) is 0 Å². The number of hydrogen-bond donors (Lipinski definition) is 0. The molecule has 0 spiro atoms. The molecule has 0 saturated carbocycles. The highest BCUT2D eigenvalue weighted by Crippen LogP contribution is 2.34. The van der Waals surface area contributed by atoms with Crippen molar-refractivity contribution >= 4 is 26.7 Å². The zero-order chi connectivity index (χ0) is 17.8. The average Bonchev–Trinajstić information content (AvgIpc) is 2.63. The van der Waals surface area contributed by atoms with Crippen LogP contribution in [0.3, 0.4) is 0 Å². The summed E-state index contributed by atoms with van der Waals surface area (Å²) in [6, 6.07) is 19.0. The van der Waals surface area contributed by atoms with Crippen LogP contribution in [0.1, 0.15) is 11.1 Å². The normalized spacial score (nSPS) is 11.1. The molecule has 4 heteroatoms. The van der Waals surface area contributed by atoms with Gasteiger partial charge in [0.2, 0.25) is 0 Å². The lowest BCUT2D eigenvalue weighted by atomic mass is 10.0. The Labute approximate surface area is 157 Å². The molecule has 3 nitrogen and oxygen atoms in total. The van der Waals surface area contributed by atoms with Crippen LogP contribution < -0.4 is 9.47 Å². The van der Waals surface area contributed by atoms with Gasteiger partial charge in [-0.3, -0.25) is 4.90 Å². The number of halogens is 1. The highest BCUT2D eigenvalue weighted by molar-refractivity contribution is 9.10. The van der Waals surface area contributed by atoms with Gasteiger partial charge >= 0.3 is 0 Å². The predicted octanol–water partition coefficient (Wildman–Crippen LogP) is 5.25. The Kier molecular flexibility index (Phi) is 5.61. The molecule has 0 atom stereocenters. The number of benzene rings is 3. The molecule has 3 aromatic carbocycles. The first kappa shape index (κ1) is 17.8. The molecule has 130 valence electrons. The third kappa shape index (κ3) is 3.97. The summed E-state index contributed by atoms with van der Waals surface area (Å²) in [5.41, 5.74) is 2.50. The predicted molar refractivity (Wildman–Crippen MR) is 106 cm³/mol. The second-order valence-electron chi connectivity index (χ2n) is 6.11. The molecule has 0 radical (unpaired) electrons. The highest BCUT2D eigenvalue weighted by atomic mass is 79.9. The molecule has 0 bridgehead atoms. The summed E-state index contributed by atoms with van der Waals surface area (Å²) in [6.07, 6.45) is 0. The topological polar surface area (TPSA) is 21.7 Å². The van der Waals surface area contributed by atoms with E-state index in [1.54, 1.807) is 14.2 Å². The standard InChI is InChI=1S/C21H22BrNO2/c1-23(13-16-9-6-8-15-7-4-5-10-18(15)16)14-17-11-20(24-2)21(25-3)12-19(17)22/h4-12H,13-14H2,1-3H3. The monoisotopic (exact) mass is 399 g/mol. The van der Waals surface area contributed by atoms with E-state index >= 15 is 0 Å². The molecule has 0 aromatic heterocycles. The van der Waals surface area contributed by atoms with Gasteiger partial charge in [-0.25, -0.2) is 0 Å². The quantitative estimate of drug-likeness (QED) is 0.564. The van der Waals surface area contributed by atoms with Crippen LogP contribution in [0, 0.1) is 0 Å². The van der Waals surface area contributed by atoms with E-state index in [4.69, 9.17) is 9.47 Å². The molecule has 0 aliphatic carbocycles. The lowest BCUT2D eigenvalue weighted by Crippen LogP contribution is -2.17. The third-order valence-corrected chi connectivity index (χ3v) is 5.05. The first-order valence-electron chi connectivity index (χ1n) is 8.18. The molecule has 0 aliphatic heterocycles. The van der Waals surface area contributed by atoms with E-state index in [0.29, 0.717) is 0 Å². The van der Waals surface area contributed by atoms with Gasteiger partial charge in [-0.05, 0) is 41.1 Å². The Morgan fingerprint density at radius 3 is 2.24 bits per heavy atom. The smallest absolute Gasteiger partial charge is 0.161 e. The van der Waals surface area contributed by atoms with Crippen molar-refractivity contribution in [2.75, 3.05) is 21.3 Å². The number of hydrogen-bond acceptors (Lipinski definition) is 3. The first-order valence-corrected chi connectivity index (χ1v) is 8.97. The van der Waals surface area contributed by atoms with Gasteiger partial charge in [0.25, 0.3) is 0 Å². The summed E-state index contributed by atoms with van der Waals surface area (Å²) in [7, 11) is 5.44. The summed E-state index contributed by atoms with van der Waals surface area (Å²) < 4.78 is 11.8. The second-order valence-corrected chi connectivity index (χ2v) is 6.96. The lowest BCUT2D eigenvalue weighted by Gasteiger charge is -2.20. The van der Waals surface area contributed by atoms with Crippen molar-refractivity contribution in [2.45, 2.75) is 13.1 Å². The van der Waals surface area contributed by atoms with Gasteiger partial charge in [-0.15, -0.1) is 0 Å². The Bertz CT molecular complexity index is 874. The zero-order valence-electron chi connectivity index (χ0n) is 14.8. The fraction of sp³-hybridized carbons (Fsp3) is 0.238. The van der Waals surface area contributed by atoms with E-state index < -0.39 is 0 Å². The van der Waals surface area contributed by atoms with Gasteiger partial charge in [0.05, 0.1) is 14.2 Å². The van der Waals surface area contributed by atoms with Gasteiger partial charge in [0.1, 0.15) is 0 Å². The van der Waals surface area contributed by atoms with Crippen LogP contribution in [0.25, 0.3) is 10.8 Å². The van der Waals surface area contributed by atoms with E-state index in [-0.39, 0.29) is 0 Å². The summed E-state index contributed by atoms with van der Waals surface area (Å²) in [4.78, 5) is 2.30. The Morgan fingerprint density at radius 1 is 0.840 bits per heavy atom. The maximum atomic E-state index is 5.43. The minimum absolute atomic E-state index is 0.731. The minimum Gasteiger partial charge on any atom is -0.493 e. The SMILES string of the molecule is COc1cc(Br)c(CN(C)Cc2cccc3ccccc23)cc1OC. The van der Waals surface area contributed by atoms with Crippen molar-refractivity contribution in [1.29, 1.82) is 0 Å². The number of rotatable bonds is 6. The Hall–Kier alpha value is -2.04. The second kappa shape index (κ2) is 7.89. The highest BCUT2D eigenvalue weighted by Gasteiger charge is 2.12. The van der Waals surface area contributed by atoms with E-state index in [0.717, 1.165) is 29.1 Å². The van der Waals surface area contributed by atoms with Crippen LogP contribution in [0.4, 0.5) is 0 Å². The molecule has 3 rings (SSSR count). The van der Waals surface area contributed by atoms with Gasteiger partial charge in [0, 0.05) is 17.6 Å².